The average Bonchev–Trinajstić information content (AvgIpc) is 3.35. The summed E-state index contributed by atoms with van der Waals surface area (Å²) in [7, 11) is 0. The Morgan fingerprint density at radius 1 is 0.513 bits per heavy atom. The first-order chi connectivity index (χ1) is 19.3. The Morgan fingerprint density at radius 2 is 1.28 bits per heavy atom. The van der Waals surface area contributed by atoms with Crippen molar-refractivity contribution in [1.82, 2.24) is 19.5 Å². The van der Waals surface area contributed by atoms with E-state index in [2.05, 4.69) is 101 Å². The number of pyridine rings is 3. The van der Waals surface area contributed by atoms with Crippen LogP contribution in [0.2, 0.25) is 0 Å². The zero-order valence-corrected chi connectivity index (χ0v) is 21.0. The lowest BCUT2D eigenvalue weighted by molar-refractivity contribution is 1.10. The number of para-hydroxylation sites is 1. The smallest absolute Gasteiger partial charge is 0.138 e. The van der Waals surface area contributed by atoms with Crippen LogP contribution in [0, 0.1) is 0 Å². The first-order valence-electron chi connectivity index (χ1n) is 13.0. The van der Waals surface area contributed by atoms with Gasteiger partial charge in [-0.1, -0.05) is 66.7 Å². The van der Waals surface area contributed by atoms with E-state index in [1.165, 1.54) is 21.5 Å². The molecule has 0 N–H and O–H groups in total. The van der Waals surface area contributed by atoms with Crippen LogP contribution in [0.3, 0.4) is 0 Å². The minimum absolute atomic E-state index is 0.866. The van der Waals surface area contributed by atoms with Crippen LogP contribution in [-0.2, 0) is 0 Å². The Kier molecular flexibility index (Phi) is 4.79. The van der Waals surface area contributed by atoms with Gasteiger partial charge in [0.15, 0.2) is 0 Å². The number of nitrogens with zero attached hydrogens (tertiary/aromatic N) is 4. The summed E-state index contributed by atoms with van der Waals surface area (Å²) >= 11 is 0. The van der Waals surface area contributed by atoms with E-state index in [-0.39, 0.29) is 0 Å². The van der Waals surface area contributed by atoms with Gasteiger partial charge in [0.1, 0.15) is 5.82 Å². The average molecular weight is 499 g/mol. The molecule has 0 aliphatic heterocycles. The van der Waals surface area contributed by atoms with Crippen molar-refractivity contribution in [3.05, 3.63) is 134 Å². The minimum atomic E-state index is 0.866. The summed E-state index contributed by atoms with van der Waals surface area (Å²) in [5.41, 5.74) is 7.20. The van der Waals surface area contributed by atoms with E-state index in [1.807, 2.05) is 36.5 Å². The quantitative estimate of drug-likeness (QED) is 0.245. The Bertz CT molecular complexity index is 2160. The number of hydrogen-bond donors (Lipinski definition) is 0. The molecule has 0 atom stereocenters. The molecule has 0 fully saturated rings. The lowest BCUT2D eigenvalue weighted by atomic mass is 10.0. The summed E-state index contributed by atoms with van der Waals surface area (Å²) in [5.74, 6) is 0.915. The molecule has 0 radical (unpaired) electrons. The van der Waals surface area contributed by atoms with Gasteiger partial charge in [-0.25, -0.2) is 4.98 Å². The zero-order valence-electron chi connectivity index (χ0n) is 21.0. The minimum Gasteiger partial charge on any atom is -0.294 e. The van der Waals surface area contributed by atoms with Gasteiger partial charge in [-0.2, -0.15) is 0 Å². The van der Waals surface area contributed by atoms with Crippen LogP contribution in [0.4, 0.5) is 0 Å². The molecule has 182 valence electrons. The Balaban J connectivity index is 1.37. The molecule has 8 rings (SSSR count). The van der Waals surface area contributed by atoms with E-state index in [4.69, 9.17) is 9.97 Å². The molecule has 0 spiro atoms. The maximum atomic E-state index is 5.06. The largest absolute Gasteiger partial charge is 0.294 e. The Hall–Kier alpha value is -5.35. The molecular formula is C35H22N4. The standard InChI is InChI=1S/C35H22N4/c1-3-9-27-23(7-1)13-18-33-35(27)28-21-25(26-12-16-31(37-22-26)30-11-5-6-20-36-30)14-17-32(28)39(33)34-19-15-24-8-2-4-10-29(24)38-34/h1-22H. The van der Waals surface area contributed by atoms with Gasteiger partial charge >= 0.3 is 0 Å². The molecule has 0 bridgehead atoms. The number of benzene rings is 4. The molecule has 0 aliphatic rings. The van der Waals surface area contributed by atoms with Crippen LogP contribution in [0.1, 0.15) is 0 Å². The molecule has 4 heterocycles. The topological polar surface area (TPSA) is 43.6 Å². The summed E-state index contributed by atoms with van der Waals surface area (Å²) < 4.78 is 2.29. The van der Waals surface area contributed by atoms with E-state index >= 15 is 0 Å². The van der Waals surface area contributed by atoms with Gasteiger partial charge in [-0.15, -0.1) is 0 Å². The molecule has 4 nitrogen and oxygen atoms in total. The van der Waals surface area contributed by atoms with Gasteiger partial charge in [0, 0.05) is 34.1 Å². The van der Waals surface area contributed by atoms with E-state index in [0.29, 0.717) is 0 Å². The van der Waals surface area contributed by atoms with Crippen LogP contribution < -0.4 is 0 Å². The molecule has 8 aromatic rings. The van der Waals surface area contributed by atoms with Crippen LogP contribution in [0.15, 0.2) is 134 Å². The number of aromatic nitrogens is 4. The number of rotatable bonds is 3. The van der Waals surface area contributed by atoms with Crippen LogP contribution in [-0.4, -0.2) is 19.5 Å². The van der Waals surface area contributed by atoms with Gasteiger partial charge < -0.3 is 0 Å². The maximum absolute atomic E-state index is 5.06. The summed E-state index contributed by atoms with van der Waals surface area (Å²) in [6.45, 7) is 0. The molecule has 0 amide bonds. The lowest BCUT2D eigenvalue weighted by Crippen LogP contribution is -1.97. The zero-order chi connectivity index (χ0) is 25.8. The van der Waals surface area contributed by atoms with Crippen LogP contribution in [0.5, 0.6) is 0 Å². The molecule has 0 saturated carbocycles. The second-order valence-corrected chi connectivity index (χ2v) is 9.76. The summed E-state index contributed by atoms with van der Waals surface area (Å²) in [6, 6.07) is 42.3. The molecule has 39 heavy (non-hydrogen) atoms. The third-order valence-corrected chi connectivity index (χ3v) is 7.49. The third-order valence-electron chi connectivity index (χ3n) is 7.49. The highest BCUT2D eigenvalue weighted by molar-refractivity contribution is 6.21. The fraction of sp³-hybridized carbons (Fsp3) is 0. The van der Waals surface area contributed by atoms with Gasteiger partial charge in [-0.3, -0.25) is 14.5 Å². The number of hydrogen-bond acceptors (Lipinski definition) is 3. The fourth-order valence-electron chi connectivity index (χ4n) is 5.63. The van der Waals surface area contributed by atoms with Crippen molar-refractivity contribution in [3.63, 3.8) is 0 Å². The van der Waals surface area contributed by atoms with Crippen LogP contribution in [0.25, 0.3) is 71.8 Å². The van der Waals surface area contributed by atoms with Gasteiger partial charge in [-0.05, 0) is 70.9 Å². The molecular weight excluding hydrogens is 476 g/mol. The van der Waals surface area contributed by atoms with Crippen LogP contribution >= 0.6 is 0 Å². The van der Waals surface area contributed by atoms with Gasteiger partial charge in [0.05, 0.1) is 27.9 Å². The summed E-state index contributed by atoms with van der Waals surface area (Å²) in [6.07, 6.45) is 3.73. The first-order valence-corrected chi connectivity index (χ1v) is 13.0. The van der Waals surface area contributed by atoms with E-state index in [1.54, 1.807) is 6.20 Å². The van der Waals surface area contributed by atoms with Gasteiger partial charge in [0.2, 0.25) is 0 Å². The Labute approximate surface area is 224 Å². The third kappa shape index (κ3) is 3.50. The maximum Gasteiger partial charge on any atom is 0.138 e. The predicted molar refractivity (Wildman–Crippen MR) is 160 cm³/mol. The number of fused-ring (bicyclic) bond motifs is 6. The second kappa shape index (κ2) is 8.61. The monoisotopic (exact) mass is 498 g/mol. The van der Waals surface area contributed by atoms with Crippen molar-refractivity contribution < 1.29 is 0 Å². The second-order valence-electron chi connectivity index (χ2n) is 9.76. The van der Waals surface area contributed by atoms with Crippen molar-refractivity contribution in [2.75, 3.05) is 0 Å². The summed E-state index contributed by atoms with van der Waals surface area (Å²) in [5, 5.41) is 6.03. The molecule has 4 aromatic carbocycles. The fourth-order valence-corrected chi connectivity index (χ4v) is 5.63. The van der Waals surface area contributed by atoms with Crippen molar-refractivity contribution in [2.45, 2.75) is 0 Å². The molecule has 4 aromatic heterocycles. The van der Waals surface area contributed by atoms with E-state index in [0.717, 1.165) is 50.3 Å². The normalized spacial score (nSPS) is 11.6. The molecule has 4 heteroatoms. The van der Waals surface area contributed by atoms with Crippen molar-refractivity contribution in [1.29, 1.82) is 0 Å². The van der Waals surface area contributed by atoms with Crippen molar-refractivity contribution in [3.8, 4) is 28.3 Å². The van der Waals surface area contributed by atoms with Gasteiger partial charge in [0.25, 0.3) is 0 Å². The van der Waals surface area contributed by atoms with E-state index < -0.39 is 0 Å². The predicted octanol–water partition coefficient (Wildman–Crippen LogP) is 8.61. The Morgan fingerprint density at radius 3 is 2.15 bits per heavy atom. The molecule has 0 unspecified atom stereocenters. The highest BCUT2D eigenvalue weighted by Crippen LogP contribution is 2.38. The lowest BCUT2D eigenvalue weighted by Gasteiger charge is -2.09. The first kappa shape index (κ1) is 21.7. The SMILES string of the molecule is c1ccc(-c2ccc(-c3ccc4c(c3)c3c5ccccc5ccc3n4-c3ccc4ccccc4n3)cn2)nc1. The van der Waals surface area contributed by atoms with Crippen molar-refractivity contribution >= 4 is 43.5 Å². The molecule has 0 saturated heterocycles. The summed E-state index contributed by atoms with van der Waals surface area (Å²) in [4.78, 5) is 14.2. The highest BCUT2D eigenvalue weighted by atomic mass is 15.1. The molecule has 0 aliphatic carbocycles. The van der Waals surface area contributed by atoms with E-state index in [9.17, 15) is 0 Å². The highest BCUT2D eigenvalue weighted by Gasteiger charge is 2.17. The van der Waals surface area contributed by atoms with Crippen molar-refractivity contribution in [2.24, 2.45) is 0 Å².